The lowest BCUT2D eigenvalue weighted by atomic mass is 9.87. The minimum Gasteiger partial charge on any atom is -0.392 e. The third kappa shape index (κ3) is 24.5. The van der Waals surface area contributed by atoms with Gasteiger partial charge in [0.25, 0.3) is 35.4 Å². The predicted molar refractivity (Wildman–Crippen MR) is 339 cm³/mol. The van der Waals surface area contributed by atoms with Crippen LogP contribution in [0.1, 0.15) is 182 Å². The molecule has 1 saturated heterocycles. The first kappa shape index (κ1) is 75.2. The van der Waals surface area contributed by atoms with E-state index >= 15 is 0 Å². The number of rotatable bonds is 37. The number of primary amides is 2. The van der Waals surface area contributed by atoms with Gasteiger partial charge in [0.15, 0.2) is 11.6 Å². The molecule has 0 bridgehead atoms. The number of amides is 10. The maximum Gasteiger partial charge on any atom is 0.333 e. The van der Waals surface area contributed by atoms with Crippen molar-refractivity contribution in [2.24, 2.45) is 29.0 Å². The van der Waals surface area contributed by atoms with Crippen LogP contribution in [0.5, 0.6) is 0 Å². The molecule has 3 aliphatic rings. The highest BCUT2D eigenvalue weighted by molar-refractivity contribution is 6.13. The molecule has 1 fully saturated rings. The fourth-order valence-corrected chi connectivity index (χ4v) is 10.2. The number of aliphatic hydroxyl groups excluding tert-OH is 2. The van der Waals surface area contributed by atoms with Crippen LogP contribution >= 0.6 is 0 Å². The Morgan fingerprint density at radius 2 is 0.947 bits per heavy atom. The number of nitrogens with two attached hydrogens (primary N) is 3. The van der Waals surface area contributed by atoms with E-state index < -0.39 is 41.9 Å². The number of hydrogen-bond acceptors (Lipinski definition) is 20. The van der Waals surface area contributed by atoms with E-state index in [0.717, 1.165) is 33.6 Å². The Balaban J connectivity index is 0.000000272. The van der Waals surface area contributed by atoms with Crippen molar-refractivity contribution in [1.82, 2.24) is 55.5 Å². The summed E-state index contributed by atoms with van der Waals surface area (Å²) < 4.78 is 3.12. The van der Waals surface area contributed by atoms with Crippen LogP contribution in [0.2, 0.25) is 0 Å². The molecule has 0 spiro atoms. The molecule has 4 aromatic rings. The van der Waals surface area contributed by atoms with Gasteiger partial charge in [-0.3, -0.25) is 53.0 Å². The van der Waals surface area contributed by atoms with Crippen molar-refractivity contribution in [1.29, 1.82) is 0 Å². The van der Waals surface area contributed by atoms with Crippen LogP contribution in [0, 0.1) is 11.8 Å². The molecule has 0 unspecified atom stereocenters. The molecule has 508 valence electrons. The first-order valence-electron chi connectivity index (χ1n) is 31.6. The van der Waals surface area contributed by atoms with Crippen LogP contribution in [0.3, 0.4) is 0 Å². The van der Waals surface area contributed by atoms with Gasteiger partial charge in [-0.15, -0.1) is 15.3 Å². The molecule has 3 aliphatic heterocycles. The van der Waals surface area contributed by atoms with E-state index in [0.29, 0.717) is 113 Å². The predicted octanol–water partition coefficient (Wildman–Crippen LogP) is 4.06. The van der Waals surface area contributed by atoms with E-state index in [9.17, 15) is 62.6 Å². The van der Waals surface area contributed by atoms with Crippen LogP contribution in [0.15, 0.2) is 85.2 Å². The Labute approximate surface area is 545 Å². The average Bonchev–Trinajstić information content (AvgIpc) is 1.71. The SMILES string of the molecule is CC(C)[C@H](CC(=O)CCCCCN1C(=O)C=CC1=O)c1cn([C@@H](CCCNC(N)=O)C(=O)Cc2ccc(CO)cc2)nn1.CC(C)[C@H](N)c1cn([C@@H](CCCNC(N)=O)C(=O)Cc2ccc(CO)cc2)nn1.O=C(CCCCCN1C(=O)C=CC1=O)ON1C(=O)CCC1=O. The lowest BCUT2D eigenvalue weighted by Crippen LogP contribution is -2.32. The summed E-state index contributed by atoms with van der Waals surface area (Å²) in [5.41, 5.74) is 20.9. The lowest BCUT2D eigenvalue weighted by molar-refractivity contribution is -0.197. The maximum absolute atomic E-state index is 13.4. The van der Waals surface area contributed by atoms with Crippen molar-refractivity contribution >= 4 is 70.8 Å². The molecule has 0 saturated carbocycles. The number of hydroxylamine groups is 2. The largest absolute Gasteiger partial charge is 0.392 e. The summed E-state index contributed by atoms with van der Waals surface area (Å²) in [5.74, 6) is -2.75. The lowest BCUT2D eigenvalue weighted by Gasteiger charge is -2.18. The summed E-state index contributed by atoms with van der Waals surface area (Å²) in [4.78, 5) is 148. The minimum atomic E-state index is -0.640. The van der Waals surface area contributed by atoms with Crippen LogP contribution in [0.25, 0.3) is 0 Å². The van der Waals surface area contributed by atoms with E-state index in [1.807, 2.05) is 52.0 Å². The highest BCUT2D eigenvalue weighted by Crippen LogP contribution is 2.30. The van der Waals surface area contributed by atoms with Gasteiger partial charge < -0.3 is 42.9 Å². The van der Waals surface area contributed by atoms with Gasteiger partial charge in [0, 0.05) is 108 Å². The average molecular weight is 1310 g/mol. The van der Waals surface area contributed by atoms with E-state index in [4.69, 9.17) is 27.1 Å². The number of unbranched alkanes of at least 4 members (excludes halogenated alkanes) is 4. The molecule has 2 aromatic carbocycles. The molecular formula is C65H88N14O15. The van der Waals surface area contributed by atoms with E-state index in [1.54, 1.807) is 46.0 Å². The van der Waals surface area contributed by atoms with Gasteiger partial charge in [0.05, 0.1) is 36.8 Å². The molecule has 0 aliphatic carbocycles. The van der Waals surface area contributed by atoms with Gasteiger partial charge in [-0.1, -0.05) is 99.5 Å². The minimum absolute atomic E-state index is 0.0182. The zero-order chi connectivity index (χ0) is 68.9. The number of ketones is 3. The number of aromatic nitrogens is 6. The second kappa shape index (κ2) is 38.5. The highest BCUT2D eigenvalue weighted by atomic mass is 16.7. The topological polar surface area (TPSA) is 428 Å². The van der Waals surface area contributed by atoms with Crippen LogP contribution in [-0.2, 0) is 78.8 Å². The van der Waals surface area contributed by atoms with Crippen molar-refractivity contribution in [3.8, 4) is 0 Å². The molecular weight excluding hydrogens is 1220 g/mol. The number of nitrogens with zero attached hydrogens (tertiary/aromatic N) is 9. The van der Waals surface area contributed by atoms with E-state index in [-0.39, 0.29) is 110 Å². The number of imide groups is 3. The molecule has 10 amide bonds. The Morgan fingerprint density at radius 3 is 1.35 bits per heavy atom. The fourth-order valence-electron chi connectivity index (χ4n) is 10.2. The zero-order valence-corrected chi connectivity index (χ0v) is 53.8. The number of Topliss-reactive ketones (excluding diaryl/α,β-unsaturated/α-hetero) is 3. The molecule has 10 N–H and O–H groups in total. The number of aliphatic hydroxyl groups is 2. The van der Waals surface area contributed by atoms with Crippen molar-refractivity contribution in [3.05, 3.63) is 119 Å². The third-order valence-electron chi connectivity index (χ3n) is 15.8. The standard InChI is InChI=1S/C31H42N6O6.C20H30N6O3.C14H16N2O6/c1-21(2)25(18-24(39)7-4-3-5-16-36-29(41)13-14-30(36)42)26-19-37(35-34-26)27(8-6-15-33-31(32)43)28(40)17-22-9-11-23(20-38)12-10-22;1-13(2)19(21)16-11-26(25-24-16)17(4-3-9-23-20(22)29)18(28)10-14-5-7-15(12-27)8-6-14;17-10-5-6-11(18)15(10)9-3-1-2-4-14(21)22-16-12(19)7-8-13(16)20/h9-14,19,21,25,27,38H,3-8,15-18,20H2,1-2H3,(H3,32,33,43);5-8,11,13,17,19,27H,3-4,9-10,12,21H2,1-2H3,(H3,22,23,29);5-6H,1-4,7-9H2/t25-,27-;17-,19-;/m00./s1. The summed E-state index contributed by atoms with van der Waals surface area (Å²) in [5, 5.41) is 41.0. The summed E-state index contributed by atoms with van der Waals surface area (Å²) in [6.07, 6.45) is 15.4. The van der Waals surface area contributed by atoms with Gasteiger partial charge in [-0.2, -0.15) is 0 Å². The van der Waals surface area contributed by atoms with Gasteiger partial charge in [0.2, 0.25) is 0 Å². The molecule has 4 atom stereocenters. The van der Waals surface area contributed by atoms with Gasteiger partial charge >= 0.3 is 18.0 Å². The molecule has 94 heavy (non-hydrogen) atoms. The fraction of sp³-hybridized carbons (Fsp3) is 0.508. The number of benzene rings is 2. The maximum atomic E-state index is 13.4. The van der Waals surface area contributed by atoms with E-state index in [2.05, 4.69) is 31.3 Å². The molecule has 29 heteroatoms. The normalized spacial score (nSPS) is 14.8. The molecule has 29 nitrogen and oxygen atoms in total. The Kier molecular flexibility index (Phi) is 30.8. The second-order valence-corrected chi connectivity index (χ2v) is 23.7. The first-order valence-corrected chi connectivity index (χ1v) is 31.6. The number of urea groups is 2. The zero-order valence-electron chi connectivity index (χ0n) is 53.8. The monoisotopic (exact) mass is 1300 g/mol. The number of hydrogen-bond donors (Lipinski definition) is 7. The van der Waals surface area contributed by atoms with E-state index in [1.165, 1.54) is 29.2 Å². The molecule has 7 rings (SSSR count). The number of carbonyl (C=O) groups is 12. The van der Waals surface area contributed by atoms with Crippen molar-refractivity contribution in [3.63, 3.8) is 0 Å². The molecule has 2 aromatic heterocycles. The summed E-state index contributed by atoms with van der Waals surface area (Å²) in [7, 11) is 0. The van der Waals surface area contributed by atoms with Crippen molar-refractivity contribution in [2.45, 2.75) is 174 Å². The second-order valence-electron chi connectivity index (χ2n) is 23.7. The van der Waals surface area contributed by atoms with Crippen molar-refractivity contribution in [2.75, 3.05) is 26.2 Å². The Hall–Kier alpha value is -9.48. The summed E-state index contributed by atoms with van der Waals surface area (Å²) >= 11 is 0. The molecule has 0 radical (unpaired) electrons. The number of nitrogens with one attached hydrogen (secondary N) is 2. The van der Waals surface area contributed by atoms with Crippen LogP contribution < -0.4 is 27.8 Å². The summed E-state index contributed by atoms with van der Waals surface area (Å²) in [6.45, 7) is 9.26. The smallest absolute Gasteiger partial charge is 0.333 e. The molecule has 5 heterocycles. The quantitative estimate of drug-likeness (QED) is 0.0247. The van der Waals surface area contributed by atoms with Crippen LogP contribution in [0.4, 0.5) is 9.59 Å². The first-order chi connectivity index (χ1) is 44.9. The van der Waals surface area contributed by atoms with Gasteiger partial charge in [-0.25, -0.2) is 23.7 Å². The van der Waals surface area contributed by atoms with Gasteiger partial charge in [-0.05, 0) is 85.5 Å². The third-order valence-corrected chi connectivity index (χ3v) is 15.8. The van der Waals surface area contributed by atoms with Crippen LogP contribution in [-0.4, -0.2) is 152 Å². The Bertz CT molecular complexity index is 3270. The van der Waals surface area contributed by atoms with Gasteiger partial charge in [0.1, 0.15) is 17.9 Å². The van der Waals surface area contributed by atoms with Crippen molar-refractivity contribution < 1.29 is 72.6 Å². The Morgan fingerprint density at radius 1 is 0.543 bits per heavy atom. The summed E-state index contributed by atoms with van der Waals surface area (Å²) in [6, 6.07) is 11.8. The highest BCUT2D eigenvalue weighted by Gasteiger charge is 2.33. The number of carbonyl (C=O) groups excluding carboxylic acids is 12.